The monoisotopic (exact) mass is 398 g/mol. The summed E-state index contributed by atoms with van der Waals surface area (Å²) in [4.78, 5) is 27.9. The third-order valence-corrected chi connectivity index (χ3v) is 6.74. The maximum Gasteiger partial charge on any atom is 0.261 e. The van der Waals surface area contributed by atoms with Crippen molar-refractivity contribution in [3.8, 4) is 0 Å². The number of rotatable bonds is 6. The van der Waals surface area contributed by atoms with Crippen LogP contribution in [0, 0.1) is 12.8 Å². The van der Waals surface area contributed by atoms with Crippen LogP contribution in [0.4, 0.5) is 0 Å². The minimum absolute atomic E-state index is 0.102. The predicted molar refractivity (Wildman–Crippen MR) is 109 cm³/mol. The van der Waals surface area contributed by atoms with Gasteiger partial charge in [-0.05, 0) is 54.7 Å². The molecule has 0 bridgehead atoms. The van der Waals surface area contributed by atoms with Gasteiger partial charge < -0.3 is 15.3 Å². The number of β-amino-alcohol motifs (C(OH)–C–C–N with tert-alkyl or cyclic N) is 1. The van der Waals surface area contributed by atoms with Crippen molar-refractivity contribution in [2.75, 3.05) is 19.6 Å². The first-order valence-corrected chi connectivity index (χ1v) is 10.7. The van der Waals surface area contributed by atoms with Gasteiger partial charge in [-0.25, -0.2) is 0 Å². The van der Waals surface area contributed by atoms with E-state index in [2.05, 4.69) is 5.32 Å². The molecule has 1 saturated carbocycles. The highest BCUT2D eigenvalue weighted by atomic mass is 32.1. The van der Waals surface area contributed by atoms with Gasteiger partial charge in [0, 0.05) is 13.1 Å². The molecule has 2 aliphatic rings. The van der Waals surface area contributed by atoms with E-state index in [1.54, 1.807) is 4.90 Å². The molecule has 2 N–H and O–H groups in total. The van der Waals surface area contributed by atoms with Crippen LogP contribution >= 0.6 is 11.3 Å². The SMILES string of the molecule is Cc1csc(C(=O)NCC2(O)CCN(C(=O)C(c3ccccc3)C3CC3)C2)c1. The number of hydrogen-bond acceptors (Lipinski definition) is 4. The molecule has 4 rings (SSSR count). The van der Waals surface area contributed by atoms with Crippen molar-refractivity contribution in [2.24, 2.45) is 5.92 Å². The van der Waals surface area contributed by atoms with Crippen LogP contribution in [-0.4, -0.2) is 47.1 Å². The minimum Gasteiger partial charge on any atom is -0.386 e. The summed E-state index contributed by atoms with van der Waals surface area (Å²) in [6.07, 6.45) is 2.65. The van der Waals surface area contributed by atoms with E-state index in [1.807, 2.05) is 48.7 Å². The minimum atomic E-state index is -1.07. The second kappa shape index (κ2) is 7.68. The zero-order valence-electron chi connectivity index (χ0n) is 16.1. The Bertz CT molecular complexity index is 862. The van der Waals surface area contributed by atoms with E-state index in [9.17, 15) is 14.7 Å². The van der Waals surface area contributed by atoms with Crippen molar-refractivity contribution in [1.82, 2.24) is 10.2 Å². The molecule has 2 unspecified atom stereocenters. The van der Waals surface area contributed by atoms with Gasteiger partial charge in [-0.15, -0.1) is 11.3 Å². The second-order valence-corrected chi connectivity index (χ2v) is 9.04. The fourth-order valence-corrected chi connectivity index (χ4v) is 4.79. The van der Waals surface area contributed by atoms with Crippen LogP contribution in [0.25, 0.3) is 0 Å². The fraction of sp³-hybridized carbons (Fsp3) is 0.455. The Hall–Kier alpha value is -2.18. The molecule has 5 nitrogen and oxygen atoms in total. The molecule has 0 radical (unpaired) electrons. The Morgan fingerprint density at radius 1 is 1.32 bits per heavy atom. The van der Waals surface area contributed by atoms with E-state index in [-0.39, 0.29) is 30.8 Å². The second-order valence-electron chi connectivity index (χ2n) is 8.13. The van der Waals surface area contributed by atoms with Gasteiger partial charge in [-0.2, -0.15) is 0 Å². The van der Waals surface area contributed by atoms with Crippen LogP contribution in [-0.2, 0) is 4.79 Å². The number of benzene rings is 1. The molecule has 1 saturated heterocycles. The van der Waals surface area contributed by atoms with Gasteiger partial charge in [0.25, 0.3) is 5.91 Å². The number of thiophene rings is 1. The van der Waals surface area contributed by atoms with Crippen molar-refractivity contribution in [2.45, 2.75) is 37.7 Å². The normalized spacial score (nSPS) is 22.9. The number of carbonyl (C=O) groups is 2. The first kappa shape index (κ1) is 19.2. The lowest BCUT2D eigenvalue weighted by Gasteiger charge is -2.26. The zero-order chi connectivity index (χ0) is 19.7. The standard InChI is InChI=1S/C22H26N2O3S/c1-15-11-18(28-12-15)20(25)23-13-22(27)9-10-24(14-22)21(26)19(17-7-8-17)16-5-3-2-4-6-16/h2-6,11-12,17,19,27H,7-10,13-14H2,1H3,(H,23,25). The number of likely N-dealkylation sites (tertiary alicyclic amines) is 1. The molecule has 1 aliphatic heterocycles. The summed E-state index contributed by atoms with van der Waals surface area (Å²) >= 11 is 1.40. The van der Waals surface area contributed by atoms with E-state index >= 15 is 0 Å². The van der Waals surface area contributed by atoms with Gasteiger partial charge in [0.05, 0.1) is 17.3 Å². The molecule has 1 aliphatic carbocycles. The average molecular weight is 399 g/mol. The number of hydrogen-bond donors (Lipinski definition) is 2. The van der Waals surface area contributed by atoms with Crippen LogP contribution in [0.2, 0.25) is 0 Å². The van der Waals surface area contributed by atoms with Crippen LogP contribution in [0.3, 0.4) is 0 Å². The molecule has 2 aromatic rings. The van der Waals surface area contributed by atoms with Gasteiger partial charge in [-0.3, -0.25) is 9.59 Å². The van der Waals surface area contributed by atoms with Crippen molar-refractivity contribution < 1.29 is 14.7 Å². The molecule has 2 amide bonds. The van der Waals surface area contributed by atoms with Gasteiger partial charge in [0.2, 0.25) is 5.91 Å². The number of nitrogens with zero attached hydrogens (tertiary/aromatic N) is 1. The Morgan fingerprint density at radius 3 is 2.71 bits per heavy atom. The van der Waals surface area contributed by atoms with Gasteiger partial charge in [-0.1, -0.05) is 30.3 Å². The first-order valence-electron chi connectivity index (χ1n) is 9.85. The number of aliphatic hydroxyl groups is 1. The van der Waals surface area contributed by atoms with E-state index in [1.165, 1.54) is 11.3 Å². The topological polar surface area (TPSA) is 69.6 Å². The quantitative estimate of drug-likeness (QED) is 0.786. The third kappa shape index (κ3) is 4.13. The van der Waals surface area contributed by atoms with Gasteiger partial charge >= 0.3 is 0 Å². The lowest BCUT2D eigenvalue weighted by Crippen LogP contribution is -2.46. The van der Waals surface area contributed by atoms with Crippen LogP contribution < -0.4 is 5.32 Å². The maximum absolute atomic E-state index is 13.2. The molecule has 0 spiro atoms. The number of carbonyl (C=O) groups excluding carboxylic acids is 2. The van der Waals surface area contributed by atoms with E-state index in [0.717, 1.165) is 24.0 Å². The fourth-order valence-electron chi connectivity index (χ4n) is 3.97. The molecular formula is C22H26N2O3S. The van der Waals surface area contributed by atoms with Gasteiger partial charge in [0.1, 0.15) is 5.60 Å². The Labute approximate surface area is 169 Å². The van der Waals surface area contributed by atoms with Gasteiger partial charge in [0.15, 0.2) is 0 Å². The molecular weight excluding hydrogens is 372 g/mol. The van der Waals surface area contributed by atoms with Crippen molar-refractivity contribution in [3.05, 3.63) is 57.8 Å². The zero-order valence-corrected chi connectivity index (χ0v) is 16.9. The summed E-state index contributed by atoms with van der Waals surface area (Å²) in [5, 5.41) is 15.7. The largest absolute Gasteiger partial charge is 0.386 e. The van der Waals surface area contributed by atoms with Crippen molar-refractivity contribution in [1.29, 1.82) is 0 Å². The average Bonchev–Trinajstić information content (AvgIpc) is 3.29. The Morgan fingerprint density at radius 2 is 2.07 bits per heavy atom. The Balaban J connectivity index is 1.38. The van der Waals surface area contributed by atoms with E-state index in [0.29, 0.717) is 23.8 Å². The maximum atomic E-state index is 13.2. The van der Waals surface area contributed by atoms with E-state index < -0.39 is 5.60 Å². The summed E-state index contributed by atoms with van der Waals surface area (Å²) < 4.78 is 0. The number of amides is 2. The van der Waals surface area contributed by atoms with Crippen molar-refractivity contribution in [3.63, 3.8) is 0 Å². The summed E-state index contributed by atoms with van der Waals surface area (Å²) in [5.41, 5.74) is 1.05. The predicted octanol–water partition coefficient (Wildman–Crippen LogP) is 2.94. The summed E-state index contributed by atoms with van der Waals surface area (Å²) in [6.45, 7) is 2.90. The highest BCUT2D eigenvalue weighted by molar-refractivity contribution is 7.12. The Kier molecular flexibility index (Phi) is 5.25. The first-order chi connectivity index (χ1) is 13.5. The molecule has 2 fully saturated rings. The molecule has 2 heterocycles. The molecule has 28 heavy (non-hydrogen) atoms. The van der Waals surface area contributed by atoms with Crippen molar-refractivity contribution >= 4 is 23.2 Å². The third-order valence-electron chi connectivity index (χ3n) is 5.69. The molecule has 1 aromatic carbocycles. The summed E-state index contributed by atoms with van der Waals surface area (Å²) in [5.74, 6) is 0.221. The van der Waals surface area contributed by atoms with E-state index in [4.69, 9.17) is 0 Å². The molecule has 1 aromatic heterocycles. The van der Waals surface area contributed by atoms with Crippen LogP contribution in [0.1, 0.15) is 46.0 Å². The summed E-state index contributed by atoms with van der Waals surface area (Å²) in [6, 6.07) is 11.8. The highest BCUT2D eigenvalue weighted by Gasteiger charge is 2.44. The van der Waals surface area contributed by atoms with Crippen LogP contribution in [0.5, 0.6) is 0 Å². The molecule has 2 atom stereocenters. The summed E-state index contributed by atoms with van der Waals surface area (Å²) in [7, 11) is 0. The molecule has 148 valence electrons. The number of nitrogens with one attached hydrogen (secondary N) is 1. The van der Waals surface area contributed by atoms with Crippen LogP contribution in [0.15, 0.2) is 41.8 Å². The smallest absolute Gasteiger partial charge is 0.261 e. The lowest BCUT2D eigenvalue weighted by molar-refractivity contribution is -0.133. The lowest BCUT2D eigenvalue weighted by atomic mass is 9.92. The molecule has 6 heteroatoms. The highest BCUT2D eigenvalue weighted by Crippen LogP contribution is 2.44. The number of aryl methyl sites for hydroxylation is 1.